The molecule has 1 aliphatic carbocycles. The predicted molar refractivity (Wildman–Crippen MR) is 124 cm³/mol. The van der Waals surface area contributed by atoms with Gasteiger partial charge < -0.3 is 4.90 Å². The minimum absolute atomic E-state index is 0.141. The van der Waals surface area contributed by atoms with Gasteiger partial charge in [-0.1, -0.05) is 36.2 Å². The lowest BCUT2D eigenvalue weighted by atomic mass is 9.84. The second-order valence-electron chi connectivity index (χ2n) is 9.65. The quantitative estimate of drug-likeness (QED) is 0.722. The highest BCUT2D eigenvalue weighted by atomic mass is 16.2. The molecule has 2 amide bonds. The van der Waals surface area contributed by atoms with Crippen molar-refractivity contribution in [2.75, 3.05) is 24.5 Å². The number of benzene rings is 1. The van der Waals surface area contributed by atoms with Gasteiger partial charge in [0.1, 0.15) is 11.6 Å². The molecule has 0 N–H and O–H groups in total. The van der Waals surface area contributed by atoms with Crippen molar-refractivity contribution in [3.63, 3.8) is 0 Å². The summed E-state index contributed by atoms with van der Waals surface area (Å²) in [6.45, 7) is 6.24. The van der Waals surface area contributed by atoms with Gasteiger partial charge in [0.15, 0.2) is 0 Å². The van der Waals surface area contributed by atoms with E-state index in [0.717, 1.165) is 55.1 Å². The molecule has 1 aromatic carbocycles. The minimum Gasteiger partial charge on any atom is -0.342 e. The molecule has 1 unspecified atom stereocenters. The molecule has 0 radical (unpaired) electrons. The molecule has 6 heteroatoms. The Labute approximate surface area is 190 Å². The van der Waals surface area contributed by atoms with Gasteiger partial charge in [-0.2, -0.15) is 0 Å². The number of fused-ring (bicyclic) bond motifs is 1. The maximum absolute atomic E-state index is 12.9. The zero-order valence-corrected chi connectivity index (χ0v) is 19.1. The average Bonchev–Trinajstić information content (AvgIpc) is 3.22. The van der Waals surface area contributed by atoms with E-state index in [9.17, 15) is 9.59 Å². The number of rotatable bonds is 5. The van der Waals surface area contributed by atoms with Crippen LogP contribution in [0.5, 0.6) is 0 Å². The number of nitrogens with zero attached hydrogens (tertiary/aromatic N) is 4. The fraction of sp³-hybridized carbons (Fsp3) is 0.538. The fourth-order valence-electron chi connectivity index (χ4n) is 5.21. The van der Waals surface area contributed by atoms with E-state index in [2.05, 4.69) is 31.2 Å². The van der Waals surface area contributed by atoms with Gasteiger partial charge in [-0.3, -0.25) is 14.5 Å². The number of hydrogen-bond acceptors (Lipinski definition) is 4. The van der Waals surface area contributed by atoms with E-state index in [4.69, 9.17) is 9.97 Å². The summed E-state index contributed by atoms with van der Waals surface area (Å²) in [5, 5.41) is 0. The van der Waals surface area contributed by atoms with Crippen LogP contribution in [0, 0.1) is 19.8 Å². The standard InChI is InChI=1S/C26H32N4O2/c1-17-5-3-6-19(15-17)11-14-30-23(31)10-9-22-18(2)27-24(28-25(22)30)21-12-13-29(16-21)26(32)20-7-4-8-20/h3,5-6,15,20-21H,4,7-14,16H2,1-2H3. The second-order valence-corrected chi connectivity index (χ2v) is 9.65. The summed E-state index contributed by atoms with van der Waals surface area (Å²) >= 11 is 0. The van der Waals surface area contributed by atoms with Crippen LogP contribution in [0.25, 0.3) is 0 Å². The molecule has 3 aliphatic rings. The number of anilines is 1. The Morgan fingerprint density at radius 1 is 1.12 bits per heavy atom. The van der Waals surface area contributed by atoms with E-state index in [1.807, 2.05) is 16.7 Å². The van der Waals surface area contributed by atoms with Gasteiger partial charge in [-0.15, -0.1) is 0 Å². The van der Waals surface area contributed by atoms with Crippen LogP contribution in [0.3, 0.4) is 0 Å². The van der Waals surface area contributed by atoms with Gasteiger partial charge in [0, 0.05) is 49.1 Å². The summed E-state index contributed by atoms with van der Waals surface area (Å²) in [7, 11) is 0. The summed E-state index contributed by atoms with van der Waals surface area (Å²) < 4.78 is 0. The molecular weight excluding hydrogens is 400 g/mol. The van der Waals surface area contributed by atoms with Gasteiger partial charge in [0.2, 0.25) is 11.8 Å². The first-order chi connectivity index (χ1) is 15.5. The highest BCUT2D eigenvalue weighted by molar-refractivity contribution is 5.95. The first kappa shape index (κ1) is 21.1. The molecule has 1 aromatic heterocycles. The van der Waals surface area contributed by atoms with Crippen molar-refractivity contribution < 1.29 is 9.59 Å². The normalized spacial score (nSPS) is 20.9. The van der Waals surface area contributed by atoms with Crippen molar-refractivity contribution in [3.8, 4) is 0 Å². The van der Waals surface area contributed by atoms with Crippen LogP contribution in [-0.2, 0) is 22.4 Å². The third-order valence-corrected chi connectivity index (χ3v) is 7.38. The smallest absolute Gasteiger partial charge is 0.228 e. The topological polar surface area (TPSA) is 66.4 Å². The van der Waals surface area contributed by atoms with Crippen molar-refractivity contribution in [1.29, 1.82) is 0 Å². The van der Waals surface area contributed by atoms with E-state index in [1.54, 1.807) is 0 Å². The maximum Gasteiger partial charge on any atom is 0.228 e. The third-order valence-electron chi connectivity index (χ3n) is 7.38. The van der Waals surface area contributed by atoms with Crippen molar-refractivity contribution in [1.82, 2.24) is 14.9 Å². The molecule has 2 aromatic rings. The van der Waals surface area contributed by atoms with Crippen molar-refractivity contribution in [3.05, 3.63) is 52.5 Å². The largest absolute Gasteiger partial charge is 0.342 e. The summed E-state index contributed by atoms with van der Waals surface area (Å²) in [4.78, 5) is 39.2. The summed E-state index contributed by atoms with van der Waals surface area (Å²) in [6.07, 6.45) is 6.16. The molecule has 2 aliphatic heterocycles. The number of hydrogen-bond donors (Lipinski definition) is 0. The Kier molecular flexibility index (Phi) is 5.70. The van der Waals surface area contributed by atoms with E-state index in [0.29, 0.717) is 31.8 Å². The van der Waals surface area contributed by atoms with Gasteiger partial charge in [0.25, 0.3) is 0 Å². The Bertz CT molecular complexity index is 1050. The van der Waals surface area contributed by atoms with E-state index < -0.39 is 0 Å². The number of carbonyl (C=O) groups excluding carboxylic acids is 2. The van der Waals surface area contributed by atoms with Crippen molar-refractivity contribution in [2.24, 2.45) is 5.92 Å². The van der Waals surface area contributed by atoms with Crippen LogP contribution < -0.4 is 4.90 Å². The number of likely N-dealkylation sites (tertiary alicyclic amines) is 1. The molecule has 32 heavy (non-hydrogen) atoms. The van der Waals surface area contributed by atoms with E-state index in [-0.39, 0.29) is 17.7 Å². The first-order valence-electron chi connectivity index (χ1n) is 12.0. The monoisotopic (exact) mass is 432 g/mol. The molecule has 1 saturated carbocycles. The minimum atomic E-state index is 0.141. The van der Waals surface area contributed by atoms with Gasteiger partial charge in [-0.05, 0) is 51.5 Å². The highest BCUT2D eigenvalue weighted by Crippen LogP contribution is 2.35. The Hall–Kier alpha value is -2.76. The third kappa shape index (κ3) is 4.03. The van der Waals surface area contributed by atoms with Gasteiger partial charge >= 0.3 is 0 Å². The number of aromatic nitrogens is 2. The van der Waals surface area contributed by atoms with Crippen molar-refractivity contribution >= 4 is 17.6 Å². The van der Waals surface area contributed by atoms with Gasteiger partial charge in [0.05, 0.1) is 0 Å². The van der Waals surface area contributed by atoms with Crippen LogP contribution in [0.15, 0.2) is 24.3 Å². The summed E-state index contributed by atoms with van der Waals surface area (Å²) in [5.74, 6) is 2.42. The molecule has 2 fully saturated rings. The summed E-state index contributed by atoms with van der Waals surface area (Å²) in [6, 6.07) is 8.45. The molecule has 1 atom stereocenters. The van der Waals surface area contributed by atoms with Crippen LogP contribution >= 0.6 is 0 Å². The lowest BCUT2D eigenvalue weighted by Gasteiger charge is -2.30. The van der Waals surface area contributed by atoms with E-state index in [1.165, 1.54) is 17.5 Å². The Morgan fingerprint density at radius 3 is 2.72 bits per heavy atom. The fourth-order valence-corrected chi connectivity index (χ4v) is 5.21. The van der Waals surface area contributed by atoms with Crippen LogP contribution in [0.1, 0.15) is 66.2 Å². The molecule has 5 rings (SSSR count). The zero-order valence-electron chi connectivity index (χ0n) is 19.1. The van der Waals surface area contributed by atoms with Crippen molar-refractivity contribution in [2.45, 2.75) is 64.7 Å². The molecular formula is C26H32N4O2. The molecule has 0 spiro atoms. The highest BCUT2D eigenvalue weighted by Gasteiger charge is 2.36. The molecule has 6 nitrogen and oxygen atoms in total. The first-order valence-corrected chi connectivity index (χ1v) is 12.0. The Balaban J connectivity index is 1.36. The SMILES string of the molecule is Cc1cccc(CCN2C(=O)CCc3c(C)nc(C4CCN(C(=O)C5CCC5)C4)nc32)c1. The maximum atomic E-state index is 12.9. The second kappa shape index (κ2) is 8.64. The Morgan fingerprint density at radius 2 is 1.97 bits per heavy atom. The lowest BCUT2D eigenvalue weighted by Crippen LogP contribution is -2.38. The summed E-state index contributed by atoms with van der Waals surface area (Å²) in [5.41, 5.74) is 4.53. The lowest BCUT2D eigenvalue weighted by molar-refractivity contribution is -0.137. The molecule has 1 saturated heterocycles. The number of aryl methyl sites for hydroxylation is 2. The van der Waals surface area contributed by atoms with Crippen LogP contribution in [0.4, 0.5) is 5.82 Å². The molecule has 168 valence electrons. The average molecular weight is 433 g/mol. The van der Waals surface area contributed by atoms with E-state index >= 15 is 0 Å². The molecule has 3 heterocycles. The van der Waals surface area contributed by atoms with Crippen LogP contribution in [0.2, 0.25) is 0 Å². The number of amides is 2. The predicted octanol–water partition coefficient (Wildman–Crippen LogP) is 3.73. The number of carbonyl (C=O) groups is 2. The van der Waals surface area contributed by atoms with Gasteiger partial charge in [-0.25, -0.2) is 9.97 Å². The molecule has 0 bridgehead atoms. The zero-order chi connectivity index (χ0) is 22.2. The van der Waals surface area contributed by atoms with Crippen LogP contribution in [-0.4, -0.2) is 46.3 Å².